The van der Waals surface area contributed by atoms with Crippen molar-refractivity contribution in [2.45, 2.75) is 32.7 Å². The van der Waals surface area contributed by atoms with Crippen molar-refractivity contribution in [3.05, 3.63) is 16.1 Å². The minimum atomic E-state index is -0.418. The predicted octanol–water partition coefficient (Wildman–Crippen LogP) is 2.09. The second-order valence-electron chi connectivity index (χ2n) is 5.23. The van der Waals surface area contributed by atoms with Crippen molar-refractivity contribution in [1.29, 1.82) is 0 Å². The Balaban J connectivity index is 1.99. The molecule has 0 aromatic carbocycles. The van der Waals surface area contributed by atoms with Crippen molar-refractivity contribution < 1.29 is 19.1 Å². The van der Waals surface area contributed by atoms with Crippen LogP contribution in [0.5, 0.6) is 0 Å². The van der Waals surface area contributed by atoms with Gasteiger partial charge in [-0.15, -0.1) is 11.3 Å². The Bertz CT molecular complexity index is 513. The van der Waals surface area contributed by atoms with Crippen LogP contribution in [-0.2, 0) is 20.8 Å². The van der Waals surface area contributed by atoms with E-state index in [1.807, 2.05) is 0 Å². The van der Waals surface area contributed by atoms with Crippen LogP contribution in [0.15, 0.2) is 5.38 Å². The third kappa shape index (κ3) is 4.27. The van der Waals surface area contributed by atoms with Gasteiger partial charge in [0.05, 0.1) is 19.8 Å². The Hall–Kier alpha value is -1.47. The highest BCUT2D eigenvalue weighted by Gasteiger charge is 2.29. The largest absolute Gasteiger partial charge is 0.461 e. The Morgan fingerprint density at radius 3 is 2.82 bits per heavy atom. The summed E-state index contributed by atoms with van der Waals surface area (Å²) in [6.45, 7) is 3.54. The van der Waals surface area contributed by atoms with E-state index in [-0.39, 0.29) is 11.8 Å². The monoisotopic (exact) mass is 326 g/mol. The molecule has 122 valence electrons. The van der Waals surface area contributed by atoms with Gasteiger partial charge in [-0.1, -0.05) is 6.42 Å². The number of aromatic nitrogens is 1. The second-order valence-corrected chi connectivity index (χ2v) is 6.17. The third-order valence-corrected chi connectivity index (χ3v) is 4.53. The highest BCUT2D eigenvalue weighted by molar-refractivity contribution is 7.09. The van der Waals surface area contributed by atoms with E-state index in [1.165, 1.54) is 11.3 Å². The zero-order valence-electron chi connectivity index (χ0n) is 13.0. The van der Waals surface area contributed by atoms with Crippen LogP contribution in [0, 0.1) is 5.92 Å². The van der Waals surface area contributed by atoms with Gasteiger partial charge in [0.2, 0.25) is 5.91 Å². The molecule has 7 heteroatoms. The van der Waals surface area contributed by atoms with Crippen LogP contribution in [0.25, 0.3) is 0 Å². The van der Waals surface area contributed by atoms with Crippen LogP contribution < -0.4 is 0 Å². The number of ether oxygens (including phenoxy) is 2. The lowest BCUT2D eigenvalue weighted by atomic mass is 9.84. The molecular weight excluding hydrogens is 304 g/mol. The predicted molar refractivity (Wildman–Crippen MR) is 82.7 cm³/mol. The molecule has 6 nitrogen and oxygen atoms in total. The molecule has 1 aliphatic rings. The highest BCUT2D eigenvalue weighted by Crippen LogP contribution is 2.29. The van der Waals surface area contributed by atoms with Gasteiger partial charge in [0.1, 0.15) is 5.01 Å². The number of hydrogen-bond donors (Lipinski definition) is 0. The number of thiazole rings is 1. The summed E-state index contributed by atoms with van der Waals surface area (Å²) in [5, 5.41) is 2.42. The summed E-state index contributed by atoms with van der Waals surface area (Å²) >= 11 is 1.37. The molecule has 2 rings (SSSR count). The minimum Gasteiger partial charge on any atom is -0.461 e. The topological polar surface area (TPSA) is 68.7 Å². The quantitative estimate of drug-likeness (QED) is 0.684. The Kier molecular flexibility index (Phi) is 6.33. The lowest BCUT2D eigenvalue weighted by Gasteiger charge is -2.31. The first-order chi connectivity index (χ1) is 10.7. The van der Waals surface area contributed by atoms with E-state index in [2.05, 4.69) is 4.98 Å². The fraction of sp³-hybridized carbons (Fsp3) is 0.667. The fourth-order valence-corrected chi connectivity index (χ4v) is 3.01. The van der Waals surface area contributed by atoms with Gasteiger partial charge in [0.15, 0.2) is 5.69 Å². The molecule has 1 aromatic rings. The van der Waals surface area contributed by atoms with E-state index in [0.29, 0.717) is 32.0 Å². The number of carbonyl (C=O) groups is 2. The van der Waals surface area contributed by atoms with Gasteiger partial charge in [-0.05, 0) is 19.8 Å². The molecule has 0 unspecified atom stereocenters. The Labute approximate surface area is 134 Å². The molecule has 1 saturated carbocycles. The van der Waals surface area contributed by atoms with Gasteiger partial charge in [-0.2, -0.15) is 0 Å². The smallest absolute Gasteiger partial charge is 0.357 e. The summed E-state index contributed by atoms with van der Waals surface area (Å²) in [5.74, 6) is -0.115. The first-order valence-electron chi connectivity index (χ1n) is 7.55. The van der Waals surface area contributed by atoms with Gasteiger partial charge in [0, 0.05) is 25.0 Å². The summed E-state index contributed by atoms with van der Waals surface area (Å²) in [7, 11) is 1.62. The molecule has 0 N–H and O–H groups in total. The average molecular weight is 326 g/mol. The maximum atomic E-state index is 12.4. The molecular formula is C15H22N2O4S. The summed E-state index contributed by atoms with van der Waals surface area (Å²) in [6, 6.07) is 0. The maximum Gasteiger partial charge on any atom is 0.357 e. The molecule has 22 heavy (non-hydrogen) atoms. The van der Waals surface area contributed by atoms with Crippen LogP contribution in [0.2, 0.25) is 0 Å². The van der Waals surface area contributed by atoms with Gasteiger partial charge < -0.3 is 14.4 Å². The van der Waals surface area contributed by atoms with Crippen molar-refractivity contribution in [2.24, 2.45) is 5.92 Å². The highest BCUT2D eigenvalue weighted by atomic mass is 32.1. The number of methoxy groups -OCH3 is 1. The van der Waals surface area contributed by atoms with Crippen molar-refractivity contribution in [3.8, 4) is 0 Å². The molecule has 0 bridgehead atoms. The number of hydrogen-bond acceptors (Lipinski definition) is 6. The lowest BCUT2D eigenvalue weighted by Crippen LogP contribution is -2.40. The molecule has 1 heterocycles. The summed E-state index contributed by atoms with van der Waals surface area (Å²) in [6.07, 6.45) is 3.06. The van der Waals surface area contributed by atoms with Crippen molar-refractivity contribution in [3.63, 3.8) is 0 Å². The number of nitrogens with zero attached hydrogens (tertiary/aromatic N) is 2. The summed E-state index contributed by atoms with van der Waals surface area (Å²) < 4.78 is 10.0. The average Bonchev–Trinajstić information content (AvgIpc) is 2.90. The molecule has 0 aliphatic heterocycles. The SMILES string of the molecule is CCOC(=O)c1csc(CN(CCOC)C(=O)C2CCC2)n1. The van der Waals surface area contributed by atoms with Crippen LogP contribution in [0.1, 0.15) is 41.7 Å². The fourth-order valence-electron chi connectivity index (χ4n) is 2.23. The van der Waals surface area contributed by atoms with E-state index >= 15 is 0 Å². The number of amides is 1. The van der Waals surface area contributed by atoms with E-state index in [4.69, 9.17) is 9.47 Å². The molecule has 0 atom stereocenters. The van der Waals surface area contributed by atoms with E-state index in [0.717, 1.165) is 24.3 Å². The van der Waals surface area contributed by atoms with Gasteiger partial charge in [0.25, 0.3) is 0 Å². The first kappa shape index (κ1) is 16.9. The molecule has 1 aliphatic carbocycles. The van der Waals surface area contributed by atoms with E-state index < -0.39 is 5.97 Å². The number of rotatable bonds is 8. The van der Waals surface area contributed by atoms with Gasteiger partial charge in [-0.3, -0.25) is 4.79 Å². The Morgan fingerprint density at radius 1 is 1.45 bits per heavy atom. The maximum absolute atomic E-state index is 12.4. The zero-order chi connectivity index (χ0) is 15.9. The van der Waals surface area contributed by atoms with E-state index in [1.54, 1.807) is 24.3 Å². The van der Waals surface area contributed by atoms with Crippen LogP contribution >= 0.6 is 11.3 Å². The summed E-state index contributed by atoms with van der Waals surface area (Å²) in [4.78, 5) is 30.1. The zero-order valence-corrected chi connectivity index (χ0v) is 13.9. The molecule has 1 fully saturated rings. The van der Waals surface area contributed by atoms with Crippen LogP contribution in [0.4, 0.5) is 0 Å². The molecule has 1 aromatic heterocycles. The minimum absolute atomic E-state index is 0.140. The molecule has 1 amide bonds. The Morgan fingerprint density at radius 2 is 2.23 bits per heavy atom. The molecule has 0 spiro atoms. The number of carbonyl (C=O) groups excluding carboxylic acids is 2. The van der Waals surface area contributed by atoms with Crippen molar-refractivity contribution in [2.75, 3.05) is 26.9 Å². The van der Waals surface area contributed by atoms with Gasteiger partial charge in [-0.25, -0.2) is 9.78 Å². The summed E-state index contributed by atoms with van der Waals surface area (Å²) in [5.41, 5.74) is 0.310. The second kappa shape index (κ2) is 8.24. The standard InChI is InChI=1S/C15H22N2O4S/c1-3-21-15(19)12-10-22-13(16-12)9-17(7-8-20-2)14(18)11-5-4-6-11/h10-11H,3-9H2,1-2H3. The first-order valence-corrected chi connectivity index (χ1v) is 8.43. The lowest BCUT2D eigenvalue weighted by molar-refractivity contribution is -0.139. The number of esters is 1. The third-order valence-electron chi connectivity index (χ3n) is 3.69. The molecule has 0 saturated heterocycles. The van der Waals surface area contributed by atoms with E-state index in [9.17, 15) is 9.59 Å². The van der Waals surface area contributed by atoms with Crippen molar-refractivity contribution in [1.82, 2.24) is 9.88 Å². The normalized spacial score (nSPS) is 14.5. The van der Waals surface area contributed by atoms with Crippen LogP contribution in [0.3, 0.4) is 0 Å². The van der Waals surface area contributed by atoms with Crippen molar-refractivity contribution >= 4 is 23.2 Å². The molecule has 0 radical (unpaired) electrons. The van der Waals surface area contributed by atoms with Crippen LogP contribution in [-0.4, -0.2) is 48.6 Å². The van der Waals surface area contributed by atoms with Gasteiger partial charge >= 0.3 is 5.97 Å².